The van der Waals surface area contributed by atoms with E-state index in [9.17, 15) is 4.79 Å². The van der Waals surface area contributed by atoms with Crippen LogP contribution in [0, 0.1) is 5.92 Å². The van der Waals surface area contributed by atoms with Gasteiger partial charge in [0.05, 0.1) is 26.2 Å². The molecule has 2 fully saturated rings. The van der Waals surface area contributed by atoms with Crippen LogP contribution in [0.15, 0.2) is 0 Å². The molecule has 2 aliphatic rings. The third-order valence-corrected chi connectivity index (χ3v) is 3.38. The van der Waals surface area contributed by atoms with Gasteiger partial charge in [0, 0.05) is 12.5 Å². The molecule has 92 valence electrons. The van der Waals surface area contributed by atoms with E-state index in [2.05, 4.69) is 10.1 Å². The first-order chi connectivity index (χ1) is 7.64. The molecule has 0 aliphatic carbocycles. The summed E-state index contributed by atoms with van der Waals surface area (Å²) in [7, 11) is 1.39. The second kappa shape index (κ2) is 4.69. The molecule has 5 nitrogen and oxygen atoms in total. The molecule has 2 aliphatic heterocycles. The molecule has 0 aromatic carbocycles. The van der Waals surface area contributed by atoms with Crippen LogP contribution in [0.1, 0.15) is 19.8 Å². The highest BCUT2D eigenvalue weighted by Gasteiger charge is 2.45. The van der Waals surface area contributed by atoms with Crippen molar-refractivity contribution >= 4 is 5.97 Å². The van der Waals surface area contributed by atoms with Crippen LogP contribution in [-0.4, -0.2) is 44.7 Å². The molecule has 0 spiro atoms. The maximum Gasteiger partial charge on any atom is 0.308 e. The van der Waals surface area contributed by atoms with E-state index in [1.165, 1.54) is 7.11 Å². The number of rotatable bonds is 3. The van der Waals surface area contributed by atoms with E-state index in [0.29, 0.717) is 12.5 Å². The standard InChI is InChI=1S/C11H19NO4/c1-11(8-3-4-12-6-8)15-7-9(16-11)5-10(13)14-2/h8-9,12H,3-7H2,1-2H3. The highest BCUT2D eigenvalue weighted by Crippen LogP contribution is 2.35. The van der Waals surface area contributed by atoms with E-state index in [4.69, 9.17) is 9.47 Å². The second-order valence-corrected chi connectivity index (χ2v) is 4.54. The Morgan fingerprint density at radius 1 is 1.62 bits per heavy atom. The summed E-state index contributed by atoms with van der Waals surface area (Å²) in [6, 6.07) is 0. The molecule has 0 aromatic heterocycles. The minimum Gasteiger partial charge on any atom is -0.469 e. The molecule has 0 aromatic rings. The van der Waals surface area contributed by atoms with Crippen molar-refractivity contribution in [1.82, 2.24) is 5.32 Å². The third-order valence-electron chi connectivity index (χ3n) is 3.38. The van der Waals surface area contributed by atoms with Crippen molar-refractivity contribution in [2.75, 3.05) is 26.8 Å². The van der Waals surface area contributed by atoms with Gasteiger partial charge >= 0.3 is 5.97 Å². The van der Waals surface area contributed by atoms with Crippen LogP contribution in [-0.2, 0) is 19.0 Å². The normalized spacial score (nSPS) is 38.9. The lowest BCUT2D eigenvalue weighted by molar-refractivity contribution is -0.188. The number of hydrogen-bond acceptors (Lipinski definition) is 5. The summed E-state index contributed by atoms with van der Waals surface area (Å²) in [6.07, 6.45) is 1.16. The van der Waals surface area contributed by atoms with Crippen LogP contribution in [0.25, 0.3) is 0 Å². The van der Waals surface area contributed by atoms with Gasteiger partial charge in [-0.2, -0.15) is 0 Å². The van der Waals surface area contributed by atoms with Crippen LogP contribution < -0.4 is 5.32 Å². The van der Waals surface area contributed by atoms with E-state index in [1.807, 2.05) is 6.92 Å². The molecule has 2 rings (SSSR count). The number of ether oxygens (including phenoxy) is 3. The zero-order chi connectivity index (χ0) is 11.6. The van der Waals surface area contributed by atoms with Crippen molar-refractivity contribution in [1.29, 1.82) is 0 Å². The summed E-state index contributed by atoms with van der Waals surface area (Å²) in [4.78, 5) is 11.1. The fourth-order valence-corrected chi connectivity index (χ4v) is 2.34. The lowest BCUT2D eigenvalue weighted by Crippen LogP contribution is -2.38. The average Bonchev–Trinajstić information content (AvgIpc) is 2.88. The van der Waals surface area contributed by atoms with Crippen molar-refractivity contribution in [3.05, 3.63) is 0 Å². The fourth-order valence-electron chi connectivity index (χ4n) is 2.34. The predicted octanol–water partition coefficient (Wildman–Crippen LogP) is 0.291. The molecule has 5 heteroatoms. The molecule has 0 saturated carbocycles. The van der Waals surface area contributed by atoms with E-state index in [-0.39, 0.29) is 18.5 Å². The van der Waals surface area contributed by atoms with Gasteiger partial charge in [0.1, 0.15) is 0 Å². The molecule has 0 bridgehead atoms. The molecular weight excluding hydrogens is 210 g/mol. The van der Waals surface area contributed by atoms with E-state index < -0.39 is 5.79 Å². The Bertz CT molecular complexity index is 265. The minimum absolute atomic E-state index is 0.168. The Morgan fingerprint density at radius 3 is 3.06 bits per heavy atom. The van der Waals surface area contributed by atoms with Crippen LogP contribution in [0.2, 0.25) is 0 Å². The van der Waals surface area contributed by atoms with Gasteiger partial charge in [-0.1, -0.05) is 0 Å². The average molecular weight is 229 g/mol. The second-order valence-electron chi connectivity index (χ2n) is 4.54. The summed E-state index contributed by atoms with van der Waals surface area (Å²) in [6.45, 7) is 4.36. The minimum atomic E-state index is -0.539. The molecule has 3 unspecified atom stereocenters. The number of nitrogens with one attached hydrogen (secondary N) is 1. The zero-order valence-corrected chi connectivity index (χ0v) is 9.82. The zero-order valence-electron chi connectivity index (χ0n) is 9.82. The first-order valence-electron chi connectivity index (χ1n) is 5.73. The maximum atomic E-state index is 11.1. The Hall–Kier alpha value is -0.650. The molecule has 0 radical (unpaired) electrons. The van der Waals surface area contributed by atoms with Crippen molar-refractivity contribution in [2.24, 2.45) is 5.92 Å². The highest BCUT2D eigenvalue weighted by atomic mass is 16.7. The summed E-state index contributed by atoms with van der Waals surface area (Å²) in [5.41, 5.74) is 0. The summed E-state index contributed by atoms with van der Waals surface area (Å²) < 4.78 is 16.2. The molecule has 3 atom stereocenters. The molecule has 2 heterocycles. The lowest BCUT2D eigenvalue weighted by Gasteiger charge is -2.29. The lowest BCUT2D eigenvalue weighted by atomic mass is 9.99. The number of esters is 1. The van der Waals surface area contributed by atoms with Crippen LogP contribution >= 0.6 is 0 Å². The molecule has 16 heavy (non-hydrogen) atoms. The van der Waals surface area contributed by atoms with Gasteiger partial charge in [-0.15, -0.1) is 0 Å². The highest BCUT2D eigenvalue weighted by molar-refractivity contribution is 5.69. The van der Waals surface area contributed by atoms with Gasteiger partial charge in [-0.05, 0) is 19.9 Å². The Morgan fingerprint density at radius 2 is 2.44 bits per heavy atom. The van der Waals surface area contributed by atoms with Crippen LogP contribution in [0.3, 0.4) is 0 Å². The van der Waals surface area contributed by atoms with Crippen molar-refractivity contribution in [3.8, 4) is 0 Å². The van der Waals surface area contributed by atoms with Gasteiger partial charge in [-0.3, -0.25) is 4.79 Å². The van der Waals surface area contributed by atoms with Crippen molar-refractivity contribution in [3.63, 3.8) is 0 Å². The predicted molar refractivity (Wildman–Crippen MR) is 56.8 cm³/mol. The third kappa shape index (κ3) is 2.36. The molecule has 0 amide bonds. The van der Waals surface area contributed by atoms with Gasteiger partial charge in [0.15, 0.2) is 5.79 Å². The van der Waals surface area contributed by atoms with E-state index in [1.54, 1.807) is 0 Å². The van der Waals surface area contributed by atoms with Gasteiger partial charge in [-0.25, -0.2) is 0 Å². The SMILES string of the molecule is COC(=O)CC1COC(C)(C2CCNC2)O1. The van der Waals surface area contributed by atoms with E-state index in [0.717, 1.165) is 19.5 Å². The number of carbonyl (C=O) groups is 1. The van der Waals surface area contributed by atoms with Crippen molar-refractivity contribution < 1.29 is 19.0 Å². The quantitative estimate of drug-likeness (QED) is 0.705. The Kier molecular flexibility index (Phi) is 3.47. The molecule has 2 saturated heterocycles. The topological polar surface area (TPSA) is 56.8 Å². The van der Waals surface area contributed by atoms with E-state index >= 15 is 0 Å². The molecular formula is C11H19NO4. The summed E-state index contributed by atoms with van der Waals surface area (Å²) in [5, 5.41) is 3.29. The Balaban J connectivity index is 1.88. The summed E-state index contributed by atoms with van der Waals surface area (Å²) >= 11 is 0. The monoisotopic (exact) mass is 229 g/mol. The Labute approximate surface area is 95.4 Å². The van der Waals surface area contributed by atoms with Crippen molar-refractivity contribution in [2.45, 2.75) is 31.7 Å². The van der Waals surface area contributed by atoms with Gasteiger partial charge < -0.3 is 19.5 Å². The number of hydrogen-bond donors (Lipinski definition) is 1. The number of methoxy groups -OCH3 is 1. The smallest absolute Gasteiger partial charge is 0.308 e. The van der Waals surface area contributed by atoms with Crippen LogP contribution in [0.5, 0.6) is 0 Å². The van der Waals surface area contributed by atoms with Gasteiger partial charge in [0.2, 0.25) is 0 Å². The van der Waals surface area contributed by atoms with Crippen LogP contribution in [0.4, 0.5) is 0 Å². The largest absolute Gasteiger partial charge is 0.469 e. The first-order valence-corrected chi connectivity index (χ1v) is 5.73. The van der Waals surface area contributed by atoms with Gasteiger partial charge in [0.25, 0.3) is 0 Å². The number of carbonyl (C=O) groups excluding carboxylic acids is 1. The first kappa shape index (κ1) is 11.8. The molecule has 1 N–H and O–H groups in total. The fraction of sp³-hybridized carbons (Fsp3) is 0.909. The maximum absolute atomic E-state index is 11.1. The summed E-state index contributed by atoms with van der Waals surface area (Å²) in [5.74, 6) is -0.417.